The Morgan fingerprint density at radius 2 is 1.72 bits per heavy atom. The molecule has 0 bridgehead atoms. The number of phenolic OH excluding ortho intramolecular Hbond substituents is 1. The largest absolute Gasteiger partial charge is 0.505 e. The van der Waals surface area contributed by atoms with E-state index in [1.807, 2.05) is 0 Å². The second kappa shape index (κ2) is 6.53. The van der Waals surface area contributed by atoms with E-state index < -0.39 is 0 Å². The van der Waals surface area contributed by atoms with Gasteiger partial charge in [-0.15, -0.1) is 0 Å². The molecule has 2 rings (SSSR count). The third-order valence-electron chi connectivity index (χ3n) is 3.62. The molecule has 0 aliphatic heterocycles. The van der Waals surface area contributed by atoms with Crippen LogP contribution in [0.2, 0.25) is 10.0 Å². The molecule has 0 radical (unpaired) electrons. The van der Waals surface area contributed by atoms with Crippen LogP contribution in [-0.4, -0.2) is 11.7 Å². The van der Waals surface area contributed by atoms with E-state index in [0.29, 0.717) is 10.0 Å². The minimum Gasteiger partial charge on any atom is -0.505 e. The van der Waals surface area contributed by atoms with Gasteiger partial charge in [-0.3, -0.25) is 0 Å². The van der Waals surface area contributed by atoms with Gasteiger partial charge in [0, 0.05) is 12.2 Å². The van der Waals surface area contributed by atoms with Crippen molar-refractivity contribution < 1.29 is 5.11 Å². The molecule has 0 aromatic heterocycles. The maximum atomic E-state index is 9.47. The number of hydrogen-bond acceptors (Lipinski definition) is 2. The first-order valence-electron chi connectivity index (χ1n) is 6.58. The van der Waals surface area contributed by atoms with Crippen LogP contribution in [0, 0.1) is 5.92 Å². The van der Waals surface area contributed by atoms with Gasteiger partial charge in [-0.1, -0.05) is 55.3 Å². The van der Waals surface area contributed by atoms with Gasteiger partial charge in [0.1, 0.15) is 0 Å². The lowest BCUT2D eigenvalue weighted by atomic mass is 9.87. The highest BCUT2D eigenvalue weighted by molar-refractivity contribution is 6.37. The first-order chi connectivity index (χ1) is 8.66. The molecule has 2 nitrogen and oxygen atoms in total. The maximum absolute atomic E-state index is 9.47. The fraction of sp³-hybridized carbons (Fsp3) is 0.571. The smallest absolute Gasteiger partial charge is 0.152 e. The van der Waals surface area contributed by atoms with Crippen molar-refractivity contribution >= 4 is 28.9 Å². The first-order valence-corrected chi connectivity index (χ1v) is 7.34. The lowest BCUT2D eigenvalue weighted by molar-refractivity contribution is 0.345. The molecule has 100 valence electrons. The van der Waals surface area contributed by atoms with E-state index in [1.165, 1.54) is 38.5 Å². The Labute approximate surface area is 118 Å². The van der Waals surface area contributed by atoms with Crippen LogP contribution in [0.1, 0.15) is 38.5 Å². The van der Waals surface area contributed by atoms with Crippen molar-refractivity contribution in [3.8, 4) is 5.75 Å². The number of aromatic hydroxyl groups is 1. The van der Waals surface area contributed by atoms with Crippen LogP contribution in [0.25, 0.3) is 0 Å². The summed E-state index contributed by atoms with van der Waals surface area (Å²) >= 11 is 11.7. The minimum absolute atomic E-state index is 0.0452. The molecular weight excluding hydrogens is 269 g/mol. The Balaban J connectivity index is 1.82. The quantitative estimate of drug-likeness (QED) is 0.757. The Hall–Kier alpha value is -0.600. The van der Waals surface area contributed by atoms with Crippen molar-refractivity contribution in [3.63, 3.8) is 0 Å². The van der Waals surface area contributed by atoms with E-state index in [9.17, 15) is 5.11 Å². The number of nitrogens with one attached hydrogen (secondary N) is 1. The lowest BCUT2D eigenvalue weighted by Gasteiger charge is -2.21. The van der Waals surface area contributed by atoms with Crippen LogP contribution < -0.4 is 5.32 Å². The predicted molar refractivity (Wildman–Crippen MR) is 77.8 cm³/mol. The summed E-state index contributed by atoms with van der Waals surface area (Å²) in [5.74, 6) is 0.811. The second-order valence-electron chi connectivity index (χ2n) is 5.01. The molecule has 0 amide bonds. The first kappa shape index (κ1) is 13.8. The fourth-order valence-electron chi connectivity index (χ4n) is 2.56. The third kappa shape index (κ3) is 3.69. The summed E-state index contributed by atoms with van der Waals surface area (Å²) in [4.78, 5) is 0. The van der Waals surface area contributed by atoms with E-state index in [-0.39, 0.29) is 5.75 Å². The molecule has 0 unspecified atom stereocenters. The van der Waals surface area contributed by atoms with Gasteiger partial charge in [-0.25, -0.2) is 0 Å². The van der Waals surface area contributed by atoms with Crippen LogP contribution in [0.3, 0.4) is 0 Å². The van der Waals surface area contributed by atoms with Crippen LogP contribution in [0.4, 0.5) is 5.69 Å². The van der Waals surface area contributed by atoms with E-state index in [4.69, 9.17) is 23.2 Å². The molecule has 1 saturated carbocycles. The van der Waals surface area contributed by atoms with Gasteiger partial charge in [0.05, 0.1) is 10.0 Å². The Morgan fingerprint density at radius 1 is 1.11 bits per heavy atom. The van der Waals surface area contributed by atoms with Crippen LogP contribution in [0.5, 0.6) is 5.75 Å². The predicted octanol–water partition coefficient (Wildman–Crippen LogP) is 5.08. The minimum atomic E-state index is -0.0452. The normalized spacial score (nSPS) is 16.8. The summed E-state index contributed by atoms with van der Waals surface area (Å²) in [5.41, 5.74) is 0.874. The highest BCUT2D eigenvalue weighted by Crippen LogP contribution is 2.34. The number of anilines is 1. The van der Waals surface area contributed by atoms with Gasteiger partial charge in [-0.2, -0.15) is 0 Å². The van der Waals surface area contributed by atoms with Gasteiger partial charge in [0.25, 0.3) is 0 Å². The molecule has 18 heavy (non-hydrogen) atoms. The van der Waals surface area contributed by atoms with E-state index >= 15 is 0 Å². The van der Waals surface area contributed by atoms with Gasteiger partial charge in [0.2, 0.25) is 0 Å². The third-order valence-corrected chi connectivity index (χ3v) is 4.20. The number of phenols is 1. The van der Waals surface area contributed by atoms with Gasteiger partial charge >= 0.3 is 0 Å². The average Bonchev–Trinajstić information content (AvgIpc) is 2.37. The SMILES string of the molecule is Oc1c(Cl)cc(NCCC2CCCCC2)cc1Cl. The topological polar surface area (TPSA) is 32.3 Å². The number of halogens is 2. The zero-order valence-electron chi connectivity index (χ0n) is 10.4. The number of benzene rings is 1. The van der Waals surface area contributed by atoms with Crippen molar-refractivity contribution in [1.29, 1.82) is 0 Å². The van der Waals surface area contributed by atoms with Gasteiger partial charge in [-0.05, 0) is 24.5 Å². The summed E-state index contributed by atoms with van der Waals surface area (Å²) in [6, 6.07) is 3.42. The summed E-state index contributed by atoms with van der Waals surface area (Å²) in [6.45, 7) is 0.933. The molecule has 2 N–H and O–H groups in total. The van der Waals surface area contributed by atoms with Gasteiger partial charge in [0.15, 0.2) is 5.75 Å². The van der Waals surface area contributed by atoms with Crippen molar-refractivity contribution in [2.24, 2.45) is 5.92 Å². The fourth-order valence-corrected chi connectivity index (χ4v) is 3.05. The molecule has 1 aromatic carbocycles. The van der Waals surface area contributed by atoms with Crippen LogP contribution in [-0.2, 0) is 0 Å². The Bertz CT molecular complexity index is 380. The molecule has 1 aliphatic carbocycles. The molecular formula is C14H19Cl2NO. The van der Waals surface area contributed by atoms with Crippen molar-refractivity contribution in [2.45, 2.75) is 38.5 Å². The summed E-state index contributed by atoms with van der Waals surface area (Å²) < 4.78 is 0. The zero-order chi connectivity index (χ0) is 13.0. The maximum Gasteiger partial charge on any atom is 0.152 e. The molecule has 0 heterocycles. The highest BCUT2D eigenvalue weighted by Gasteiger charge is 2.13. The second-order valence-corrected chi connectivity index (χ2v) is 5.82. The van der Waals surface area contributed by atoms with E-state index in [2.05, 4.69) is 5.32 Å². The van der Waals surface area contributed by atoms with Crippen LogP contribution >= 0.6 is 23.2 Å². The van der Waals surface area contributed by atoms with Gasteiger partial charge < -0.3 is 10.4 Å². The molecule has 0 saturated heterocycles. The summed E-state index contributed by atoms with van der Waals surface area (Å²) in [6.07, 6.45) is 8.06. The Morgan fingerprint density at radius 3 is 2.33 bits per heavy atom. The van der Waals surface area contributed by atoms with Crippen molar-refractivity contribution in [2.75, 3.05) is 11.9 Å². The van der Waals surface area contributed by atoms with E-state index in [0.717, 1.165) is 18.2 Å². The molecule has 1 aromatic rings. The monoisotopic (exact) mass is 287 g/mol. The highest BCUT2D eigenvalue weighted by atomic mass is 35.5. The van der Waals surface area contributed by atoms with Crippen molar-refractivity contribution in [1.82, 2.24) is 0 Å². The molecule has 1 aliphatic rings. The standard InChI is InChI=1S/C14H19Cl2NO/c15-12-8-11(9-13(16)14(12)18)17-7-6-10-4-2-1-3-5-10/h8-10,17-18H,1-7H2. The summed E-state index contributed by atoms with van der Waals surface area (Å²) in [5, 5.41) is 13.4. The zero-order valence-corrected chi connectivity index (χ0v) is 11.9. The molecule has 1 fully saturated rings. The average molecular weight is 288 g/mol. The molecule has 4 heteroatoms. The van der Waals surface area contributed by atoms with Crippen molar-refractivity contribution in [3.05, 3.63) is 22.2 Å². The lowest BCUT2D eigenvalue weighted by Crippen LogP contribution is -2.12. The molecule has 0 spiro atoms. The number of rotatable bonds is 4. The summed E-state index contributed by atoms with van der Waals surface area (Å²) in [7, 11) is 0. The Kier molecular flexibility index (Phi) is 5.02. The number of hydrogen-bond donors (Lipinski definition) is 2. The molecule has 0 atom stereocenters. The van der Waals surface area contributed by atoms with E-state index in [1.54, 1.807) is 12.1 Å². The van der Waals surface area contributed by atoms with Crippen LogP contribution in [0.15, 0.2) is 12.1 Å².